The molecule has 1 aromatic carbocycles. The third kappa shape index (κ3) is 2.30. The molecule has 0 bridgehead atoms. The van der Waals surface area contributed by atoms with Crippen LogP contribution in [0.1, 0.15) is 5.56 Å². The second-order valence-corrected chi connectivity index (χ2v) is 4.03. The van der Waals surface area contributed by atoms with Crippen LogP contribution >= 0.6 is 0 Å². The first-order valence-electron chi connectivity index (χ1n) is 5.45. The van der Waals surface area contributed by atoms with E-state index in [2.05, 4.69) is 41.0 Å². The van der Waals surface area contributed by atoms with E-state index in [1.165, 1.54) is 11.3 Å². The number of benzene rings is 1. The Morgan fingerprint density at radius 2 is 1.80 bits per heavy atom. The van der Waals surface area contributed by atoms with Crippen molar-refractivity contribution in [2.75, 3.05) is 37.8 Å². The number of piperazine rings is 1. The van der Waals surface area contributed by atoms with E-state index in [0.29, 0.717) is 0 Å². The maximum absolute atomic E-state index is 9.01. The van der Waals surface area contributed by atoms with Crippen molar-refractivity contribution in [1.82, 2.24) is 4.90 Å². The van der Waals surface area contributed by atoms with Crippen LogP contribution in [0.4, 0.5) is 5.69 Å². The number of rotatable bonds is 2. The van der Waals surface area contributed by atoms with Crippen LogP contribution in [0, 0.1) is 6.92 Å². The average molecular weight is 206 g/mol. The molecular formula is C12H18N2O. The lowest BCUT2D eigenvalue weighted by atomic mass is 10.1. The summed E-state index contributed by atoms with van der Waals surface area (Å²) in [6.45, 7) is 6.24. The molecule has 0 amide bonds. The molecule has 0 aliphatic carbocycles. The summed E-state index contributed by atoms with van der Waals surface area (Å²) in [6.07, 6.45) is 0. The minimum Gasteiger partial charge on any atom is -0.381 e. The van der Waals surface area contributed by atoms with Crippen molar-refractivity contribution < 1.29 is 5.11 Å². The molecule has 2 rings (SSSR count). The molecule has 0 unspecified atom stereocenters. The number of nitrogens with zero attached hydrogens (tertiary/aromatic N) is 2. The molecule has 1 fully saturated rings. The Hall–Kier alpha value is -1.06. The molecule has 0 aromatic heterocycles. The van der Waals surface area contributed by atoms with Crippen LogP contribution in [0.2, 0.25) is 0 Å². The monoisotopic (exact) mass is 206 g/mol. The minimum absolute atomic E-state index is 0.182. The Balaban J connectivity index is 2.04. The molecule has 3 heteroatoms. The first-order chi connectivity index (χ1) is 7.31. The van der Waals surface area contributed by atoms with Crippen molar-refractivity contribution in [1.29, 1.82) is 0 Å². The fraction of sp³-hybridized carbons (Fsp3) is 0.500. The largest absolute Gasteiger partial charge is 0.381 e. The summed E-state index contributed by atoms with van der Waals surface area (Å²) in [7, 11) is 0. The molecule has 0 spiro atoms. The minimum atomic E-state index is 0.182. The van der Waals surface area contributed by atoms with Gasteiger partial charge in [0.2, 0.25) is 0 Å². The number of hydrogen-bond acceptors (Lipinski definition) is 3. The topological polar surface area (TPSA) is 26.7 Å². The molecule has 0 atom stereocenters. The van der Waals surface area contributed by atoms with Gasteiger partial charge in [0.05, 0.1) is 6.73 Å². The molecular weight excluding hydrogens is 188 g/mol. The average Bonchev–Trinajstić information content (AvgIpc) is 2.30. The molecule has 1 saturated heterocycles. The van der Waals surface area contributed by atoms with E-state index in [1.807, 2.05) is 0 Å². The molecule has 1 N–H and O–H groups in total. The van der Waals surface area contributed by atoms with Crippen molar-refractivity contribution in [2.24, 2.45) is 0 Å². The van der Waals surface area contributed by atoms with Crippen LogP contribution in [-0.2, 0) is 0 Å². The standard InChI is InChI=1S/C12H18N2O/c1-11-4-2-3-5-12(11)14-8-6-13(10-15)7-9-14/h2-5,15H,6-10H2,1H3. The van der Waals surface area contributed by atoms with Crippen molar-refractivity contribution >= 4 is 5.69 Å². The molecule has 1 heterocycles. The van der Waals surface area contributed by atoms with Crippen molar-refractivity contribution in [3.63, 3.8) is 0 Å². The van der Waals surface area contributed by atoms with Crippen LogP contribution in [0.5, 0.6) is 0 Å². The zero-order valence-corrected chi connectivity index (χ0v) is 9.19. The summed E-state index contributed by atoms with van der Waals surface area (Å²) in [5, 5.41) is 9.01. The first kappa shape index (κ1) is 10.5. The molecule has 3 nitrogen and oxygen atoms in total. The number of para-hydroxylation sites is 1. The predicted molar refractivity (Wildman–Crippen MR) is 62.1 cm³/mol. The van der Waals surface area contributed by atoms with Gasteiger partial charge in [-0.1, -0.05) is 18.2 Å². The van der Waals surface area contributed by atoms with Crippen LogP contribution in [0.3, 0.4) is 0 Å². The van der Waals surface area contributed by atoms with Gasteiger partial charge in [0.25, 0.3) is 0 Å². The highest BCUT2D eigenvalue weighted by atomic mass is 16.3. The Labute approximate surface area is 90.9 Å². The van der Waals surface area contributed by atoms with E-state index in [9.17, 15) is 0 Å². The van der Waals surface area contributed by atoms with Crippen molar-refractivity contribution in [2.45, 2.75) is 6.92 Å². The Morgan fingerprint density at radius 3 is 2.40 bits per heavy atom. The molecule has 1 aliphatic heterocycles. The number of aliphatic hydroxyl groups excluding tert-OH is 1. The second-order valence-electron chi connectivity index (χ2n) is 4.03. The van der Waals surface area contributed by atoms with E-state index in [4.69, 9.17) is 5.11 Å². The third-order valence-corrected chi connectivity index (χ3v) is 3.03. The highest BCUT2D eigenvalue weighted by Crippen LogP contribution is 2.20. The van der Waals surface area contributed by atoms with Crippen LogP contribution in [0.15, 0.2) is 24.3 Å². The highest BCUT2D eigenvalue weighted by molar-refractivity contribution is 5.53. The Morgan fingerprint density at radius 1 is 1.13 bits per heavy atom. The van der Waals surface area contributed by atoms with Gasteiger partial charge < -0.3 is 10.0 Å². The molecule has 15 heavy (non-hydrogen) atoms. The summed E-state index contributed by atoms with van der Waals surface area (Å²) in [5.41, 5.74) is 2.66. The van der Waals surface area contributed by atoms with Gasteiger partial charge in [-0.3, -0.25) is 4.90 Å². The van der Waals surface area contributed by atoms with Gasteiger partial charge in [-0.15, -0.1) is 0 Å². The van der Waals surface area contributed by atoms with Gasteiger partial charge in [0.1, 0.15) is 0 Å². The predicted octanol–water partition coefficient (Wildman–Crippen LogP) is 1.07. The van der Waals surface area contributed by atoms with Gasteiger partial charge in [-0.2, -0.15) is 0 Å². The number of aryl methyl sites for hydroxylation is 1. The first-order valence-corrected chi connectivity index (χ1v) is 5.45. The molecule has 0 saturated carbocycles. The van der Waals surface area contributed by atoms with Crippen molar-refractivity contribution in [3.05, 3.63) is 29.8 Å². The summed E-state index contributed by atoms with van der Waals surface area (Å²) in [4.78, 5) is 4.45. The highest BCUT2D eigenvalue weighted by Gasteiger charge is 2.16. The molecule has 82 valence electrons. The fourth-order valence-electron chi connectivity index (χ4n) is 2.05. The summed E-state index contributed by atoms with van der Waals surface area (Å²) >= 11 is 0. The van der Waals surface area contributed by atoms with Crippen molar-refractivity contribution in [3.8, 4) is 0 Å². The van der Waals surface area contributed by atoms with E-state index < -0.39 is 0 Å². The zero-order chi connectivity index (χ0) is 10.7. The molecule has 1 aliphatic rings. The van der Waals surface area contributed by atoms with Gasteiger partial charge in [-0.25, -0.2) is 0 Å². The molecule has 1 aromatic rings. The Kier molecular flexibility index (Phi) is 3.23. The van der Waals surface area contributed by atoms with Gasteiger partial charge in [0.15, 0.2) is 0 Å². The van der Waals surface area contributed by atoms with E-state index >= 15 is 0 Å². The summed E-state index contributed by atoms with van der Waals surface area (Å²) in [5.74, 6) is 0. The third-order valence-electron chi connectivity index (χ3n) is 3.03. The summed E-state index contributed by atoms with van der Waals surface area (Å²) < 4.78 is 0. The van der Waals surface area contributed by atoms with Gasteiger partial charge >= 0.3 is 0 Å². The fourth-order valence-corrected chi connectivity index (χ4v) is 2.05. The van der Waals surface area contributed by atoms with E-state index in [1.54, 1.807) is 0 Å². The van der Waals surface area contributed by atoms with Gasteiger partial charge in [0, 0.05) is 31.9 Å². The maximum Gasteiger partial charge on any atom is 0.0957 e. The van der Waals surface area contributed by atoms with Crippen LogP contribution in [-0.4, -0.2) is 42.9 Å². The normalized spacial score (nSPS) is 18.1. The van der Waals surface area contributed by atoms with E-state index in [-0.39, 0.29) is 6.73 Å². The van der Waals surface area contributed by atoms with Crippen LogP contribution in [0.25, 0.3) is 0 Å². The second kappa shape index (κ2) is 4.64. The number of aliphatic hydroxyl groups is 1. The van der Waals surface area contributed by atoms with Crippen LogP contribution < -0.4 is 4.90 Å². The lowest BCUT2D eigenvalue weighted by molar-refractivity contribution is 0.102. The number of hydrogen-bond donors (Lipinski definition) is 1. The van der Waals surface area contributed by atoms with Gasteiger partial charge in [-0.05, 0) is 18.6 Å². The zero-order valence-electron chi connectivity index (χ0n) is 9.19. The SMILES string of the molecule is Cc1ccccc1N1CCN(CO)CC1. The number of anilines is 1. The lowest BCUT2D eigenvalue weighted by Gasteiger charge is -2.35. The summed E-state index contributed by atoms with van der Waals surface area (Å²) in [6, 6.07) is 8.47. The molecule has 0 radical (unpaired) electrons. The smallest absolute Gasteiger partial charge is 0.0957 e. The Bertz CT molecular complexity index is 319. The quantitative estimate of drug-likeness (QED) is 0.784. The lowest BCUT2D eigenvalue weighted by Crippen LogP contribution is -2.46. The van der Waals surface area contributed by atoms with E-state index in [0.717, 1.165) is 26.2 Å². The maximum atomic E-state index is 9.01.